The number of nitrogens with zero attached hydrogens (tertiary/aromatic N) is 1. The van der Waals surface area contributed by atoms with Crippen molar-refractivity contribution in [2.45, 2.75) is 11.3 Å². The molecule has 160 valence electrons. The van der Waals surface area contributed by atoms with E-state index in [1.54, 1.807) is 6.07 Å². The number of anilines is 1. The first-order valence-electron chi connectivity index (χ1n) is 9.14. The Morgan fingerprint density at radius 1 is 1.00 bits per heavy atom. The molecule has 0 radical (unpaired) electrons. The topological polar surface area (TPSA) is 118 Å². The number of rotatable bonds is 8. The van der Waals surface area contributed by atoms with E-state index in [0.29, 0.717) is 23.6 Å². The lowest BCUT2D eigenvalue weighted by Gasteiger charge is -2.09. The summed E-state index contributed by atoms with van der Waals surface area (Å²) in [5, 5.41) is 14.3. The van der Waals surface area contributed by atoms with Crippen molar-refractivity contribution < 1.29 is 18.1 Å². The number of nitrogens with one attached hydrogen (secondary N) is 2. The number of hydrogen-bond donors (Lipinski definition) is 2. The van der Waals surface area contributed by atoms with Crippen molar-refractivity contribution in [2.24, 2.45) is 0 Å². The molecule has 10 heteroatoms. The molecule has 0 aliphatic heterocycles. The van der Waals surface area contributed by atoms with E-state index in [2.05, 4.69) is 10.0 Å². The van der Waals surface area contributed by atoms with Gasteiger partial charge in [0, 0.05) is 35.0 Å². The number of sulfonamides is 1. The molecule has 3 rings (SSSR count). The number of carbonyl (C=O) groups excluding carboxylic acids is 1. The smallest absolute Gasteiger partial charge is 0.270 e. The predicted molar refractivity (Wildman–Crippen MR) is 118 cm³/mol. The molecule has 2 N–H and O–H groups in total. The Labute approximate surface area is 184 Å². The Kier molecular flexibility index (Phi) is 6.88. The molecule has 3 aromatic rings. The van der Waals surface area contributed by atoms with E-state index in [4.69, 9.17) is 11.6 Å². The fourth-order valence-corrected chi connectivity index (χ4v) is 4.09. The van der Waals surface area contributed by atoms with Crippen molar-refractivity contribution in [3.05, 3.63) is 99.1 Å². The van der Waals surface area contributed by atoms with Gasteiger partial charge in [0.15, 0.2) is 0 Å². The van der Waals surface area contributed by atoms with Crippen LogP contribution < -0.4 is 10.0 Å². The minimum absolute atomic E-state index is 0.224. The SMILES string of the molecule is O=C(NCCc1cccc(Cl)c1)c1ccc(NS(=O)(=O)c2cccc([N+](=O)[O-])c2)cc1. The zero-order chi connectivity index (χ0) is 22.4. The Hall–Kier alpha value is -3.43. The summed E-state index contributed by atoms with van der Waals surface area (Å²) in [7, 11) is -4.02. The first-order valence-corrected chi connectivity index (χ1v) is 11.0. The molecule has 0 aromatic heterocycles. The van der Waals surface area contributed by atoms with Gasteiger partial charge in [0.2, 0.25) is 0 Å². The van der Waals surface area contributed by atoms with E-state index in [1.165, 1.54) is 42.5 Å². The maximum atomic E-state index is 12.5. The zero-order valence-electron chi connectivity index (χ0n) is 16.1. The van der Waals surface area contributed by atoms with Crippen molar-refractivity contribution in [1.82, 2.24) is 5.32 Å². The molecular weight excluding hydrogens is 442 g/mol. The summed E-state index contributed by atoms with van der Waals surface area (Å²) in [5.74, 6) is -0.296. The summed E-state index contributed by atoms with van der Waals surface area (Å²) >= 11 is 5.94. The van der Waals surface area contributed by atoms with E-state index in [-0.39, 0.29) is 22.2 Å². The van der Waals surface area contributed by atoms with E-state index < -0.39 is 14.9 Å². The second-order valence-electron chi connectivity index (χ2n) is 6.57. The highest BCUT2D eigenvalue weighted by atomic mass is 35.5. The third kappa shape index (κ3) is 6.03. The number of hydrogen-bond acceptors (Lipinski definition) is 5. The highest BCUT2D eigenvalue weighted by Gasteiger charge is 2.18. The average Bonchev–Trinajstić information content (AvgIpc) is 2.74. The molecule has 0 aliphatic rings. The van der Waals surface area contributed by atoms with E-state index in [9.17, 15) is 23.3 Å². The highest BCUT2D eigenvalue weighted by Crippen LogP contribution is 2.21. The lowest BCUT2D eigenvalue weighted by atomic mass is 10.1. The second-order valence-corrected chi connectivity index (χ2v) is 8.69. The molecule has 0 aliphatic carbocycles. The molecule has 0 unspecified atom stereocenters. The lowest BCUT2D eigenvalue weighted by molar-refractivity contribution is -0.385. The quantitative estimate of drug-likeness (QED) is 0.389. The largest absolute Gasteiger partial charge is 0.352 e. The second kappa shape index (κ2) is 9.59. The minimum atomic E-state index is -4.02. The van der Waals surface area contributed by atoms with Crippen LogP contribution in [0.25, 0.3) is 0 Å². The summed E-state index contributed by atoms with van der Waals surface area (Å²) in [6, 6.07) is 18.0. The summed E-state index contributed by atoms with van der Waals surface area (Å²) in [4.78, 5) is 22.2. The van der Waals surface area contributed by atoms with Gasteiger partial charge in [-0.25, -0.2) is 8.42 Å². The Morgan fingerprint density at radius 2 is 1.71 bits per heavy atom. The molecule has 0 heterocycles. The van der Waals surface area contributed by atoms with Crippen LogP contribution in [0, 0.1) is 10.1 Å². The van der Waals surface area contributed by atoms with Gasteiger partial charge in [-0.15, -0.1) is 0 Å². The van der Waals surface area contributed by atoms with Gasteiger partial charge in [0.25, 0.3) is 21.6 Å². The average molecular weight is 460 g/mol. The third-order valence-corrected chi connectivity index (χ3v) is 5.94. The molecule has 0 saturated carbocycles. The lowest BCUT2D eigenvalue weighted by Crippen LogP contribution is -2.25. The van der Waals surface area contributed by atoms with Crippen LogP contribution in [0.1, 0.15) is 15.9 Å². The van der Waals surface area contributed by atoms with E-state index >= 15 is 0 Å². The maximum absolute atomic E-state index is 12.5. The number of non-ortho nitro benzene ring substituents is 1. The van der Waals surface area contributed by atoms with Crippen LogP contribution in [0.15, 0.2) is 77.7 Å². The zero-order valence-corrected chi connectivity index (χ0v) is 17.7. The van der Waals surface area contributed by atoms with Crippen molar-refractivity contribution in [3.8, 4) is 0 Å². The van der Waals surface area contributed by atoms with Crippen molar-refractivity contribution >= 4 is 38.9 Å². The number of carbonyl (C=O) groups is 1. The van der Waals surface area contributed by atoms with Crippen LogP contribution in [0.2, 0.25) is 5.02 Å². The van der Waals surface area contributed by atoms with Gasteiger partial charge < -0.3 is 5.32 Å². The van der Waals surface area contributed by atoms with Gasteiger partial charge in [0.1, 0.15) is 0 Å². The highest BCUT2D eigenvalue weighted by molar-refractivity contribution is 7.92. The fraction of sp³-hybridized carbons (Fsp3) is 0.0952. The molecule has 3 aromatic carbocycles. The molecule has 0 bridgehead atoms. The van der Waals surface area contributed by atoms with Crippen molar-refractivity contribution in [2.75, 3.05) is 11.3 Å². The molecular formula is C21H18ClN3O5S. The number of benzene rings is 3. The normalized spacial score (nSPS) is 11.0. The van der Waals surface area contributed by atoms with Crippen LogP contribution in [-0.4, -0.2) is 25.8 Å². The number of nitro groups is 1. The van der Waals surface area contributed by atoms with Crippen molar-refractivity contribution in [3.63, 3.8) is 0 Å². The van der Waals surface area contributed by atoms with Crippen LogP contribution >= 0.6 is 11.6 Å². The summed E-state index contributed by atoms with van der Waals surface area (Å²) in [6.07, 6.45) is 0.618. The Balaban J connectivity index is 1.61. The molecule has 1 amide bonds. The molecule has 0 atom stereocenters. The van der Waals surface area contributed by atoms with Gasteiger partial charge in [-0.2, -0.15) is 0 Å². The first kappa shape index (κ1) is 22.3. The Morgan fingerprint density at radius 3 is 2.39 bits per heavy atom. The summed E-state index contributed by atoms with van der Waals surface area (Å²) < 4.78 is 27.3. The van der Waals surface area contributed by atoms with Crippen molar-refractivity contribution in [1.29, 1.82) is 0 Å². The number of nitro benzene ring substituents is 1. The summed E-state index contributed by atoms with van der Waals surface area (Å²) in [5.41, 5.74) is 1.26. The van der Waals surface area contributed by atoms with Gasteiger partial charge in [0.05, 0.1) is 9.82 Å². The van der Waals surface area contributed by atoms with Gasteiger partial charge >= 0.3 is 0 Å². The van der Waals surface area contributed by atoms with Crippen LogP contribution in [0.5, 0.6) is 0 Å². The van der Waals surface area contributed by atoms with Crippen LogP contribution in [0.3, 0.4) is 0 Å². The van der Waals surface area contributed by atoms with Gasteiger partial charge in [-0.05, 0) is 54.4 Å². The third-order valence-electron chi connectivity index (χ3n) is 4.33. The predicted octanol–water partition coefficient (Wildman–Crippen LogP) is 4.02. The van der Waals surface area contributed by atoms with Crippen LogP contribution in [-0.2, 0) is 16.4 Å². The fourth-order valence-electron chi connectivity index (χ4n) is 2.78. The summed E-state index contributed by atoms with van der Waals surface area (Å²) in [6.45, 7) is 0.417. The maximum Gasteiger partial charge on any atom is 0.270 e. The Bertz CT molecular complexity index is 1210. The first-order chi connectivity index (χ1) is 14.7. The molecule has 31 heavy (non-hydrogen) atoms. The van der Waals surface area contributed by atoms with Gasteiger partial charge in [-0.1, -0.05) is 29.8 Å². The van der Waals surface area contributed by atoms with E-state index in [1.807, 2.05) is 18.2 Å². The van der Waals surface area contributed by atoms with E-state index in [0.717, 1.165) is 11.6 Å². The van der Waals surface area contributed by atoms with Gasteiger partial charge in [-0.3, -0.25) is 19.6 Å². The molecule has 0 fully saturated rings. The standard InChI is InChI=1S/C21H18ClN3O5S/c22-17-4-1-3-15(13-17)11-12-23-21(26)16-7-9-18(10-8-16)24-31(29,30)20-6-2-5-19(14-20)25(27)28/h1-10,13-14,24H,11-12H2,(H,23,26). The minimum Gasteiger partial charge on any atom is -0.352 e. The monoisotopic (exact) mass is 459 g/mol. The molecule has 0 saturated heterocycles. The number of halogens is 1. The molecule has 0 spiro atoms. The number of amides is 1. The molecule has 8 nitrogen and oxygen atoms in total. The van der Waals surface area contributed by atoms with Crippen LogP contribution in [0.4, 0.5) is 11.4 Å².